The van der Waals surface area contributed by atoms with E-state index < -0.39 is 0 Å². The Labute approximate surface area is 196 Å². The van der Waals surface area contributed by atoms with Crippen LogP contribution in [-0.4, -0.2) is 63.8 Å². The fraction of sp³-hybridized carbons (Fsp3) is 0.409. The minimum absolute atomic E-state index is 0.243. The van der Waals surface area contributed by atoms with Crippen LogP contribution in [-0.2, 0) is 11.2 Å². The lowest BCUT2D eigenvalue weighted by Crippen LogP contribution is -2.45. The Balaban J connectivity index is 1.56. The van der Waals surface area contributed by atoms with E-state index in [0.29, 0.717) is 29.9 Å². The van der Waals surface area contributed by atoms with Crippen LogP contribution in [0.5, 0.6) is 0 Å². The van der Waals surface area contributed by atoms with E-state index in [2.05, 4.69) is 37.1 Å². The zero-order valence-corrected chi connectivity index (χ0v) is 20.2. The normalized spacial score (nSPS) is 14.5. The van der Waals surface area contributed by atoms with Crippen molar-refractivity contribution in [2.45, 2.75) is 36.7 Å². The van der Waals surface area contributed by atoms with Crippen molar-refractivity contribution in [3.8, 4) is 0 Å². The number of nitrogens with zero attached hydrogens (tertiary/aromatic N) is 6. The van der Waals surface area contributed by atoms with E-state index in [1.807, 2.05) is 44.3 Å². The Morgan fingerprint density at radius 1 is 1.12 bits per heavy atom. The first-order chi connectivity index (χ1) is 15.5. The first kappa shape index (κ1) is 22.6. The number of carbonyl (C=O) groups is 1. The molecule has 10 heteroatoms. The monoisotopic (exact) mass is 469 g/mol. The highest BCUT2D eigenvalue weighted by Gasteiger charge is 2.19. The highest BCUT2D eigenvalue weighted by molar-refractivity contribution is 7.99. The third-order valence-electron chi connectivity index (χ3n) is 5.16. The van der Waals surface area contributed by atoms with Crippen LogP contribution >= 0.6 is 23.1 Å². The van der Waals surface area contributed by atoms with E-state index in [9.17, 15) is 4.79 Å². The quantitative estimate of drug-likeness (QED) is 0.529. The van der Waals surface area contributed by atoms with Crippen molar-refractivity contribution in [3.05, 3.63) is 40.9 Å². The van der Waals surface area contributed by atoms with Crippen LogP contribution in [0.25, 0.3) is 0 Å². The van der Waals surface area contributed by atoms with Crippen LogP contribution in [0.3, 0.4) is 0 Å². The highest BCUT2D eigenvalue weighted by Crippen LogP contribution is 2.29. The molecule has 4 rings (SSSR count). The van der Waals surface area contributed by atoms with Gasteiger partial charge in [-0.05, 0) is 43.4 Å². The molecule has 0 atom stereocenters. The maximum Gasteiger partial charge on any atom is 0.234 e. The van der Waals surface area contributed by atoms with Gasteiger partial charge in [0.2, 0.25) is 11.9 Å². The van der Waals surface area contributed by atoms with Crippen molar-refractivity contribution in [1.29, 1.82) is 0 Å². The first-order valence-electron chi connectivity index (χ1n) is 10.7. The third kappa shape index (κ3) is 6.02. The first-order valence-corrected chi connectivity index (χ1v) is 12.3. The van der Waals surface area contributed by atoms with E-state index in [4.69, 9.17) is 4.98 Å². The third-order valence-corrected chi connectivity index (χ3v) is 6.86. The lowest BCUT2D eigenvalue weighted by atomic mass is 10.1. The molecule has 0 amide bonds. The van der Waals surface area contributed by atoms with Gasteiger partial charge < -0.3 is 9.80 Å². The van der Waals surface area contributed by atoms with Gasteiger partial charge in [-0.1, -0.05) is 19.1 Å². The van der Waals surface area contributed by atoms with Gasteiger partial charge >= 0.3 is 0 Å². The van der Waals surface area contributed by atoms with Gasteiger partial charge in [0.25, 0.3) is 0 Å². The Kier molecular flexibility index (Phi) is 7.33. The highest BCUT2D eigenvalue weighted by atomic mass is 32.2. The van der Waals surface area contributed by atoms with Gasteiger partial charge in [-0.2, -0.15) is 15.0 Å². The topological polar surface area (TPSA) is 87.1 Å². The lowest BCUT2D eigenvalue weighted by molar-refractivity contribution is -0.118. The van der Waals surface area contributed by atoms with Crippen molar-refractivity contribution >= 4 is 45.9 Å². The smallest absolute Gasteiger partial charge is 0.234 e. The van der Waals surface area contributed by atoms with Gasteiger partial charge in [-0.25, -0.2) is 4.98 Å². The van der Waals surface area contributed by atoms with Crippen molar-refractivity contribution in [1.82, 2.24) is 24.8 Å². The van der Waals surface area contributed by atoms with E-state index in [1.54, 1.807) is 11.3 Å². The number of rotatable bonds is 8. The van der Waals surface area contributed by atoms with Crippen LogP contribution in [0.15, 0.2) is 40.5 Å². The van der Waals surface area contributed by atoms with Crippen molar-refractivity contribution in [3.63, 3.8) is 0 Å². The predicted molar refractivity (Wildman–Crippen MR) is 129 cm³/mol. The maximum absolute atomic E-state index is 11.7. The molecule has 1 aromatic carbocycles. The minimum atomic E-state index is 0.243. The van der Waals surface area contributed by atoms with Gasteiger partial charge in [0.15, 0.2) is 10.3 Å². The number of anilines is 3. The Hall–Kier alpha value is -2.56. The number of carbonyl (C=O) groups excluding carboxylic acids is 1. The SMILES string of the molecule is CCC(=O)Cc1ccc(Sc2nc(Nc3ncc(C)s3)nc(N3CCN(C)CC3)n2)cc1. The zero-order chi connectivity index (χ0) is 22.5. The van der Waals surface area contributed by atoms with Crippen molar-refractivity contribution in [2.75, 3.05) is 43.4 Å². The maximum atomic E-state index is 11.7. The second-order valence-electron chi connectivity index (χ2n) is 7.75. The predicted octanol–water partition coefficient (Wildman–Crippen LogP) is 3.80. The second-order valence-corrected chi connectivity index (χ2v) is 10.0. The van der Waals surface area contributed by atoms with Crippen LogP contribution in [0.4, 0.5) is 17.0 Å². The number of benzene rings is 1. The summed E-state index contributed by atoms with van der Waals surface area (Å²) < 4.78 is 0. The minimum Gasteiger partial charge on any atom is -0.338 e. The molecule has 3 heterocycles. The molecule has 1 fully saturated rings. The van der Waals surface area contributed by atoms with Gasteiger partial charge in [-0.3, -0.25) is 10.1 Å². The number of Topliss-reactive ketones (excluding diaryl/α,β-unsaturated/α-hetero) is 1. The molecule has 8 nitrogen and oxygen atoms in total. The largest absolute Gasteiger partial charge is 0.338 e. The Morgan fingerprint density at radius 3 is 2.53 bits per heavy atom. The summed E-state index contributed by atoms with van der Waals surface area (Å²) in [6.07, 6.45) is 2.86. The molecule has 0 aliphatic carbocycles. The fourth-order valence-corrected chi connectivity index (χ4v) is 4.64. The zero-order valence-electron chi connectivity index (χ0n) is 18.5. The number of nitrogens with one attached hydrogen (secondary N) is 1. The molecule has 168 valence electrons. The molecule has 0 spiro atoms. The second kappa shape index (κ2) is 10.4. The summed E-state index contributed by atoms with van der Waals surface area (Å²) in [5.74, 6) is 1.42. The summed E-state index contributed by atoms with van der Waals surface area (Å²) in [6.45, 7) is 7.61. The van der Waals surface area contributed by atoms with Crippen LogP contribution in [0.2, 0.25) is 0 Å². The van der Waals surface area contributed by atoms with E-state index in [-0.39, 0.29) is 5.78 Å². The summed E-state index contributed by atoms with van der Waals surface area (Å²) in [4.78, 5) is 36.8. The Morgan fingerprint density at radius 2 is 1.88 bits per heavy atom. The van der Waals surface area contributed by atoms with E-state index >= 15 is 0 Å². The molecule has 1 saturated heterocycles. The molecule has 0 radical (unpaired) electrons. The van der Waals surface area contributed by atoms with Gasteiger partial charge in [0, 0.05) is 55.0 Å². The molecule has 2 aromatic heterocycles. The van der Waals surface area contributed by atoms with Gasteiger partial charge in [-0.15, -0.1) is 11.3 Å². The molecule has 1 N–H and O–H groups in total. The molecule has 3 aromatic rings. The average Bonchev–Trinajstić information content (AvgIpc) is 3.19. The molecular weight excluding hydrogens is 442 g/mol. The summed E-state index contributed by atoms with van der Waals surface area (Å²) in [5.41, 5.74) is 1.02. The summed E-state index contributed by atoms with van der Waals surface area (Å²) in [7, 11) is 2.13. The number of thiazole rings is 1. The van der Waals surface area contributed by atoms with Crippen LogP contribution in [0.1, 0.15) is 23.8 Å². The molecule has 1 aliphatic rings. The number of hydrogen-bond acceptors (Lipinski definition) is 10. The van der Waals surface area contributed by atoms with Crippen molar-refractivity contribution in [2.24, 2.45) is 0 Å². The molecular formula is C22H27N7OS2. The lowest BCUT2D eigenvalue weighted by Gasteiger charge is -2.32. The van der Waals surface area contributed by atoms with Crippen LogP contribution < -0.4 is 10.2 Å². The van der Waals surface area contributed by atoms with Crippen LogP contribution in [0, 0.1) is 6.92 Å². The van der Waals surface area contributed by atoms with E-state index in [0.717, 1.165) is 46.6 Å². The van der Waals surface area contributed by atoms with Gasteiger partial charge in [0.05, 0.1) is 0 Å². The number of piperazine rings is 1. The summed E-state index contributed by atoms with van der Waals surface area (Å²) >= 11 is 3.05. The number of hydrogen-bond donors (Lipinski definition) is 1. The van der Waals surface area contributed by atoms with Crippen molar-refractivity contribution < 1.29 is 4.79 Å². The summed E-state index contributed by atoms with van der Waals surface area (Å²) in [5, 5.41) is 4.62. The number of aromatic nitrogens is 4. The fourth-order valence-electron chi connectivity index (χ4n) is 3.24. The molecule has 1 aliphatic heterocycles. The standard InChI is InChI=1S/C22H27N7OS2/c1-4-17(30)13-16-5-7-18(8-6-16)32-22-26-19(25-21-23-14-15(2)31-21)24-20(27-22)29-11-9-28(3)10-12-29/h5-8,14H,4,9-13H2,1-3H3,(H,23,24,25,26,27). The number of aryl methyl sites for hydroxylation is 1. The molecule has 0 bridgehead atoms. The number of likely N-dealkylation sites (N-methyl/N-ethyl adjacent to an activating group) is 1. The Bertz CT molecular complexity index is 1060. The van der Waals surface area contributed by atoms with E-state index in [1.165, 1.54) is 11.8 Å². The number of ketones is 1. The molecule has 0 unspecified atom stereocenters. The van der Waals surface area contributed by atoms with Gasteiger partial charge in [0.1, 0.15) is 5.78 Å². The summed E-state index contributed by atoms with van der Waals surface area (Å²) in [6, 6.07) is 8.02. The average molecular weight is 470 g/mol. The molecule has 32 heavy (non-hydrogen) atoms. The molecule has 0 saturated carbocycles.